The quantitative estimate of drug-likeness (QED) is 0.754. The van der Waals surface area contributed by atoms with E-state index < -0.39 is 0 Å². The van der Waals surface area contributed by atoms with Crippen molar-refractivity contribution in [1.29, 1.82) is 0 Å². The lowest BCUT2D eigenvalue weighted by atomic mass is 10.3. The molecule has 1 aromatic rings. The largest absolute Gasteiger partial charge is 0.384 e. The summed E-state index contributed by atoms with van der Waals surface area (Å²) < 4.78 is 4.99. The highest BCUT2D eigenvalue weighted by Gasteiger charge is 2.17. The first-order valence-corrected chi connectivity index (χ1v) is 5.83. The van der Waals surface area contributed by atoms with Crippen LogP contribution in [0.2, 0.25) is 0 Å². The Labute approximate surface area is 105 Å². The number of nitrogens with two attached hydrogens (primary N) is 1. The van der Waals surface area contributed by atoms with Crippen LogP contribution in [0.5, 0.6) is 0 Å². The number of amides is 1. The van der Waals surface area contributed by atoms with E-state index in [1.54, 1.807) is 13.2 Å². The highest BCUT2D eigenvalue weighted by Crippen LogP contribution is 2.15. The van der Waals surface area contributed by atoms with E-state index >= 15 is 0 Å². The van der Waals surface area contributed by atoms with Crippen LogP contribution < -0.4 is 16.0 Å². The van der Waals surface area contributed by atoms with E-state index in [0.29, 0.717) is 37.2 Å². The van der Waals surface area contributed by atoms with Crippen molar-refractivity contribution in [1.82, 2.24) is 15.3 Å². The molecule has 0 saturated carbocycles. The van der Waals surface area contributed by atoms with Gasteiger partial charge in [-0.15, -0.1) is 0 Å². The van der Waals surface area contributed by atoms with Crippen LogP contribution in [0, 0.1) is 0 Å². The fourth-order valence-corrected chi connectivity index (χ4v) is 1.86. The molecule has 0 spiro atoms. The van der Waals surface area contributed by atoms with E-state index in [1.807, 2.05) is 4.90 Å². The van der Waals surface area contributed by atoms with Crippen molar-refractivity contribution in [3.05, 3.63) is 11.9 Å². The maximum Gasteiger partial charge on any atom is 0.239 e. The normalized spacial score (nSPS) is 16.3. The van der Waals surface area contributed by atoms with Gasteiger partial charge in [-0.3, -0.25) is 4.79 Å². The first-order chi connectivity index (χ1) is 8.69. The molecule has 0 unspecified atom stereocenters. The van der Waals surface area contributed by atoms with Gasteiger partial charge in [0.25, 0.3) is 0 Å². The smallest absolute Gasteiger partial charge is 0.239 e. The summed E-state index contributed by atoms with van der Waals surface area (Å²) in [6.07, 6.45) is 0.884. The third kappa shape index (κ3) is 3.07. The van der Waals surface area contributed by atoms with Crippen molar-refractivity contribution < 1.29 is 9.53 Å². The molecule has 7 nitrogen and oxygen atoms in total. The van der Waals surface area contributed by atoms with Crippen LogP contribution in [0.15, 0.2) is 6.07 Å². The van der Waals surface area contributed by atoms with Gasteiger partial charge in [-0.05, 0) is 6.42 Å². The molecule has 0 radical (unpaired) electrons. The van der Waals surface area contributed by atoms with E-state index in [4.69, 9.17) is 10.5 Å². The first kappa shape index (κ1) is 12.6. The third-order valence-electron chi connectivity index (χ3n) is 2.64. The van der Waals surface area contributed by atoms with Gasteiger partial charge in [0.05, 0.1) is 6.54 Å². The topological polar surface area (TPSA) is 93.4 Å². The molecule has 98 valence electrons. The van der Waals surface area contributed by atoms with E-state index in [2.05, 4.69) is 15.3 Å². The number of hydrogen-bond acceptors (Lipinski definition) is 6. The number of anilines is 2. The van der Waals surface area contributed by atoms with Gasteiger partial charge in [-0.1, -0.05) is 0 Å². The first-order valence-electron chi connectivity index (χ1n) is 5.83. The number of methoxy groups -OCH3 is 1. The Morgan fingerprint density at radius 1 is 1.56 bits per heavy atom. The Kier molecular flexibility index (Phi) is 3.93. The lowest BCUT2D eigenvalue weighted by molar-refractivity contribution is -0.119. The number of nitrogens with one attached hydrogen (secondary N) is 1. The van der Waals surface area contributed by atoms with Crippen molar-refractivity contribution in [2.45, 2.75) is 13.0 Å². The van der Waals surface area contributed by atoms with Gasteiger partial charge >= 0.3 is 0 Å². The summed E-state index contributed by atoms with van der Waals surface area (Å²) >= 11 is 0. The van der Waals surface area contributed by atoms with Crippen LogP contribution in [0.25, 0.3) is 0 Å². The van der Waals surface area contributed by atoms with Crippen molar-refractivity contribution in [2.75, 3.05) is 37.4 Å². The van der Waals surface area contributed by atoms with Crippen molar-refractivity contribution >= 4 is 17.5 Å². The molecule has 0 bridgehead atoms. The second kappa shape index (κ2) is 5.63. The molecule has 2 rings (SSSR count). The molecule has 1 saturated heterocycles. The molecule has 1 aromatic heterocycles. The molecule has 3 N–H and O–H groups in total. The van der Waals surface area contributed by atoms with Crippen LogP contribution in [0.3, 0.4) is 0 Å². The standard InChI is InChI=1S/C11H17N5O2/c1-18-7-9-14-8(12)5-10(15-9)16-4-2-3-13-11(17)6-16/h5H,2-4,6-7H2,1H3,(H,13,17)(H2,12,14,15). The molecule has 1 aliphatic rings. The Hall–Kier alpha value is -1.89. The van der Waals surface area contributed by atoms with Crippen LogP contribution in [-0.2, 0) is 16.1 Å². The Morgan fingerprint density at radius 3 is 3.17 bits per heavy atom. The Bertz CT molecular complexity index is 437. The zero-order chi connectivity index (χ0) is 13.0. The molecule has 0 atom stereocenters. The van der Waals surface area contributed by atoms with Gasteiger partial charge in [0.15, 0.2) is 5.82 Å². The van der Waals surface area contributed by atoms with Gasteiger partial charge in [-0.25, -0.2) is 9.97 Å². The maximum absolute atomic E-state index is 11.5. The van der Waals surface area contributed by atoms with E-state index in [0.717, 1.165) is 13.0 Å². The number of carbonyl (C=O) groups excluding carboxylic acids is 1. The third-order valence-corrected chi connectivity index (χ3v) is 2.64. The SMILES string of the molecule is COCc1nc(N)cc(N2CCCNC(=O)C2)n1. The summed E-state index contributed by atoms with van der Waals surface area (Å²) in [5.41, 5.74) is 5.74. The lowest BCUT2D eigenvalue weighted by Gasteiger charge is -2.20. The van der Waals surface area contributed by atoms with E-state index in [1.165, 1.54) is 0 Å². The predicted octanol–water partition coefficient (Wildman–Crippen LogP) is -0.468. The second-order valence-corrected chi connectivity index (χ2v) is 4.13. The van der Waals surface area contributed by atoms with E-state index in [9.17, 15) is 4.79 Å². The summed E-state index contributed by atoms with van der Waals surface area (Å²) in [7, 11) is 1.58. The zero-order valence-corrected chi connectivity index (χ0v) is 10.3. The average Bonchev–Trinajstić information content (AvgIpc) is 2.53. The number of carbonyl (C=O) groups is 1. The predicted molar refractivity (Wildman–Crippen MR) is 67.0 cm³/mol. The molecule has 1 fully saturated rings. The van der Waals surface area contributed by atoms with Crippen molar-refractivity contribution in [2.24, 2.45) is 0 Å². The fourth-order valence-electron chi connectivity index (χ4n) is 1.86. The fraction of sp³-hybridized carbons (Fsp3) is 0.545. The number of hydrogen-bond donors (Lipinski definition) is 2. The molecule has 7 heteroatoms. The van der Waals surface area contributed by atoms with Crippen molar-refractivity contribution in [3.63, 3.8) is 0 Å². The summed E-state index contributed by atoms with van der Waals surface area (Å²) in [4.78, 5) is 21.8. The number of ether oxygens (including phenoxy) is 1. The zero-order valence-electron chi connectivity index (χ0n) is 10.3. The number of nitrogen functional groups attached to an aromatic ring is 1. The molecule has 18 heavy (non-hydrogen) atoms. The summed E-state index contributed by atoms with van der Waals surface area (Å²) in [5.74, 6) is 1.58. The minimum absolute atomic E-state index is 0.00187. The van der Waals surface area contributed by atoms with Gasteiger partial charge in [0, 0.05) is 26.3 Å². The van der Waals surface area contributed by atoms with Gasteiger partial charge in [0.2, 0.25) is 5.91 Å². The minimum Gasteiger partial charge on any atom is -0.384 e. The minimum atomic E-state index is -0.00187. The number of nitrogens with zero attached hydrogens (tertiary/aromatic N) is 3. The van der Waals surface area contributed by atoms with Crippen LogP contribution in [0.4, 0.5) is 11.6 Å². The average molecular weight is 251 g/mol. The van der Waals surface area contributed by atoms with Gasteiger partial charge in [-0.2, -0.15) is 0 Å². The molecule has 1 aliphatic heterocycles. The molecular weight excluding hydrogens is 234 g/mol. The monoisotopic (exact) mass is 251 g/mol. The molecule has 0 aromatic carbocycles. The molecule has 2 heterocycles. The number of aromatic nitrogens is 2. The summed E-state index contributed by atoms with van der Waals surface area (Å²) in [5, 5.41) is 2.82. The highest BCUT2D eigenvalue weighted by atomic mass is 16.5. The number of rotatable bonds is 3. The summed E-state index contributed by atoms with van der Waals surface area (Å²) in [6.45, 7) is 2.06. The van der Waals surface area contributed by atoms with Crippen molar-refractivity contribution in [3.8, 4) is 0 Å². The summed E-state index contributed by atoms with van der Waals surface area (Å²) in [6, 6.07) is 1.68. The van der Waals surface area contributed by atoms with Crippen LogP contribution in [-0.4, -0.2) is 42.6 Å². The maximum atomic E-state index is 11.5. The van der Waals surface area contributed by atoms with Crippen LogP contribution >= 0.6 is 0 Å². The molecule has 1 amide bonds. The Balaban J connectivity index is 2.22. The second-order valence-electron chi connectivity index (χ2n) is 4.13. The molecular formula is C11H17N5O2. The Morgan fingerprint density at radius 2 is 2.39 bits per heavy atom. The highest BCUT2D eigenvalue weighted by molar-refractivity contribution is 5.81. The molecule has 0 aliphatic carbocycles. The van der Waals surface area contributed by atoms with Crippen LogP contribution in [0.1, 0.15) is 12.2 Å². The van der Waals surface area contributed by atoms with Gasteiger partial charge < -0.3 is 20.7 Å². The van der Waals surface area contributed by atoms with E-state index in [-0.39, 0.29) is 5.91 Å². The van der Waals surface area contributed by atoms with Gasteiger partial charge in [0.1, 0.15) is 18.2 Å². The lowest BCUT2D eigenvalue weighted by Crippen LogP contribution is -2.33.